The summed E-state index contributed by atoms with van der Waals surface area (Å²) < 4.78 is 5.10. The summed E-state index contributed by atoms with van der Waals surface area (Å²) in [5.41, 5.74) is 0.880. The molecule has 8 heteroatoms. The van der Waals surface area contributed by atoms with Crippen LogP contribution in [0.5, 0.6) is 5.75 Å². The zero-order valence-electron chi connectivity index (χ0n) is 15.3. The van der Waals surface area contributed by atoms with Crippen molar-refractivity contribution in [1.29, 1.82) is 0 Å². The van der Waals surface area contributed by atoms with Crippen LogP contribution in [0, 0.1) is 0 Å². The maximum absolute atomic E-state index is 12.9. The monoisotopic (exact) mass is 401 g/mol. The SMILES string of the molecule is COc1ccc(C(=O)N2CCNC(=O)C2CC(=O)Nc2ccccc2Cl)cc1. The van der Waals surface area contributed by atoms with Crippen molar-refractivity contribution in [2.45, 2.75) is 12.5 Å². The van der Waals surface area contributed by atoms with Crippen LogP contribution in [-0.4, -0.2) is 48.9 Å². The number of hydrogen-bond acceptors (Lipinski definition) is 4. The van der Waals surface area contributed by atoms with E-state index >= 15 is 0 Å². The fourth-order valence-corrected chi connectivity index (χ4v) is 3.18. The first-order valence-corrected chi connectivity index (χ1v) is 9.14. The molecule has 7 nitrogen and oxygen atoms in total. The van der Waals surface area contributed by atoms with Crippen LogP contribution in [0.15, 0.2) is 48.5 Å². The first-order valence-electron chi connectivity index (χ1n) is 8.76. The zero-order chi connectivity index (χ0) is 20.1. The van der Waals surface area contributed by atoms with Crippen LogP contribution >= 0.6 is 11.6 Å². The second-order valence-corrected chi connectivity index (χ2v) is 6.67. The fraction of sp³-hybridized carbons (Fsp3) is 0.250. The van der Waals surface area contributed by atoms with Crippen LogP contribution < -0.4 is 15.4 Å². The Balaban J connectivity index is 1.74. The molecular weight excluding hydrogens is 382 g/mol. The predicted octanol–water partition coefficient (Wildman–Crippen LogP) is 2.32. The van der Waals surface area contributed by atoms with Gasteiger partial charge in [-0.25, -0.2) is 0 Å². The summed E-state index contributed by atoms with van der Waals surface area (Å²) in [6.07, 6.45) is -0.168. The molecule has 3 rings (SSSR count). The van der Waals surface area contributed by atoms with Crippen molar-refractivity contribution in [3.63, 3.8) is 0 Å². The van der Waals surface area contributed by atoms with Gasteiger partial charge in [-0.3, -0.25) is 14.4 Å². The van der Waals surface area contributed by atoms with E-state index in [-0.39, 0.29) is 18.2 Å². The van der Waals surface area contributed by atoms with E-state index in [1.165, 1.54) is 4.90 Å². The number of amides is 3. The van der Waals surface area contributed by atoms with Crippen molar-refractivity contribution < 1.29 is 19.1 Å². The molecule has 3 amide bonds. The number of nitrogens with zero attached hydrogens (tertiary/aromatic N) is 1. The second-order valence-electron chi connectivity index (χ2n) is 6.27. The lowest BCUT2D eigenvalue weighted by molar-refractivity contribution is -0.131. The number of hydrogen-bond donors (Lipinski definition) is 2. The van der Waals surface area contributed by atoms with Crippen LogP contribution in [0.1, 0.15) is 16.8 Å². The van der Waals surface area contributed by atoms with Gasteiger partial charge in [0, 0.05) is 18.7 Å². The largest absolute Gasteiger partial charge is 0.497 e. The summed E-state index contributed by atoms with van der Waals surface area (Å²) in [5, 5.41) is 5.79. The number of benzene rings is 2. The van der Waals surface area contributed by atoms with E-state index in [0.717, 1.165) is 0 Å². The Morgan fingerprint density at radius 3 is 2.61 bits per heavy atom. The number of anilines is 1. The molecule has 0 saturated carbocycles. The van der Waals surface area contributed by atoms with Gasteiger partial charge < -0.3 is 20.3 Å². The molecule has 28 heavy (non-hydrogen) atoms. The molecule has 2 aromatic carbocycles. The normalized spacial score (nSPS) is 16.3. The molecule has 1 fully saturated rings. The number of ether oxygens (including phenoxy) is 1. The molecule has 1 saturated heterocycles. The lowest BCUT2D eigenvalue weighted by Gasteiger charge is -2.34. The van der Waals surface area contributed by atoms with Gasteiger partial charge in [0.2, 0.25) is 11.8 Å². The third kappa shape index (κ3) is 4.43. The summed E-state index contributed by atoms with van der Waals surface area (Å²) in [6, 6.07) is 12.5. The van der Waals surface area contributed by atoms with Gasteiger partial charge in [-0.2, -0.15) is 0 Å². The summed E-state index contributed by atoms with van der Waals surface area (Å²) in [5.74, 6) is -0.443. The minimum absolute atomic E-state index is 0.168. The molecule has 0 aromatic heterocycles. The maximum atomic E-state index is 12.9. The Hall–Kier alpha value is -3.06. The average Bonchev–Trinajstić information content (AvgIpc) is 2.71. The minimum Gasteiger partial charge on any atom is -0.497 e. The molecule has 1 unspecified atom stereocenters. The molecule has 0 aliphatic carbocycles. The number of carbonyl (C=O) groups excluding carboxylic acids is 3. The minimum atomic E-state index is -0.897. The molecule has 1 heterocycles. The van der Waals surface area contributed by atoms with Crippen molar-refractivity contribution in [3.8, 4) is 5.75 Å². The molecular formula is C20H20ClN3O4. The number of carbonyl (C=O) groups is 3. The highest BCUT2D eigenvalue weighted by atomic mass is 35.5. The molecule has 1 aliphatic heterocycles. The first kappa shape index (κ1) is 19.7. The highest BCUT2D eigenvalue weighted by Crippen LogP contribution is 2.22. The number of rotatable bonds is 5. The van der Waals surface area contributed by atoms with Gasteiger partial charge in [0.15, 0.2) is 0 Å². The van der Waals surface area contributed by atoms with Crippen LogP contribution in [0.25, 0.3) is 0 Å². The number of halogens is 1. The van der Waals surface area contributed by atoms with Crippen molar-refractivity contribution in [3.05, 3.63) is 59.1 Å². The number of piperazine rings is 1. The fourth-order valence-electron chi connectivity index (χ4n) is 3.00. The quantitative estimate of drug-likeness (QED) is 0.804. The van der Waals surface area contributed by atoms with Crippen molar-refractivity contribution in [2.75, 3.05) is 25.5 Å². The highest BCUT2D eigenvalue weighted by Gasteiger charge is 2.35. The van der Waals surface area contributed by atoms with E-state index in [0.29, 0.717) is 35.1 Å². The van der Waals surface area contributed by atoms with Crippen molar-refractivity contribution in [1.82, 2.24) is 10.2 Å². The van der Waals surface area contributed by atoms with Gasteiger partial charge >= 0.3 is 0 Å². The van der Waals surface area contributed by atoms with Crippen LogP contribution in [0.2, 0.25) is 5.02 Å². The topological polar surface area (TPSA) is 87.7 Å². The van der Waals surface area contributed by atoms with Gasteiger partial charge in [-0.05, 0) is 36.4 Å². The van der Waals surface area contributed by atoms with Crippen LogP contribution in [0.4, 0.5) is 5.69 Å². The van der Waals surface area contributed by atoms with Crippen molar-refractivity contribution >= 4 is 35.0 Å². The average molecular weight is 402 g/mol. The molecule has 2 aromatic rings. The van der Waals surface area contributed by atoms with E-state index in [1.54, 1.807) is 55.6 Å². The Morgan fingerprint density at radius 1 is 1.21 bits per heavy atom. The smallest absolute Gasteiger partial charge is 0.254 e. The van der Waals surface area contributed by atoms with E-state index in [9.17, 15) is 14.4 Å². The summed E-state index contributed by atoms with van der Waals surface area (Å²) in [6.45, 7) is 0.657. The molecule has 0 bridgehead atoms. The number of methoxy groups -OCH3 is 1. The molecule has 2 N–H and O–H groups in total. The Labute approximate surface area is 167 Å². The first-order chi connectivity index (χ1) is 13.5. The van der Waals surface area contributed by atoms with E-state index < -0.39 is 11.9 Å². The number of nitrogens with one attached hydrogen (secondary N) is 2. The Bertz CT molecular complexity index is 885. The zero-order valence-corrected chi connectivity index (χ0v) is 16.0. The van der Waals surface area contributed by atoms with Gasteiger partial charge in [-0.1, -0.05) is 23.7 Å². The van der Waals surface area contributed by atoms with Crippen LogP contribution in [0.3, 0.4) is 0 Å². The van der Waals surface area contributed by atoms with Crippen LogP contribution in [-0.2, 0) is 9.59 Å². The van der Waals surface area contributed by atoms with Gasteiger partial charge in [0.05, 0.1) is 24.2 Å². The van der Waals surface area contributed by atoms with Crippen molar-refractivity contribution in [2.24, 2.45) is 0 Å². The third-order valence-electron chi connectivity index (χ3n) is 4.46. The van der Waals surface area contributed by atoms with E-state index in [4.69, 9.17) is 16.3 Å². The van der Waals surface area contributed by atoms with E-state index in [2.05, 4.69) is 10.6 Å². The number of para-hydroxylation sites is 1. The highest BCUT2D eigenvalue weighted by molar-refractivity contribution is 6.33. The van der Waals surface area contributed by atoms with E-state index in [1.807, 2.05) is 0 Å². The maximum Gasteiger partial charge on any atom is 0.254 e. The third-order valence-corrected chi connectivity index (χ3v) is 4.78. The molecule has 1 aliphatic rings. The molecule has 0 spiro atoms. The second kappa shape index (κ2) is 8.75. The lowest BCUT2D eigenvalue weighted by Crippen LogP contribution is -2.58. The summed E-state index contributed by atoms with van der Waals surface area (Å²) in [4.78, 5) is 39.2. The molecule has 0 radical (unpaired) electrons. The Morgan fingerprint density at radius 2 is 1.93 bits per heavy atom. The summed E-state index contributed by atoms with van der Waals surface area (Å²) in [7, 11) is 1.54. The predicted molar refractivity (Wildman–Crippen MR) is 106 cm³/mol. The standard InChI is InChI=1S/C20H20ClN3O4/c1-28-14-8-6-13(7-9-14)20(27)24-11-10-22-19(26)17(24)12-18(25)23-16-5-3-2-4-15(16)21/h2-9,17H,10-12H2,1H3,(H,22,26)(H,23,25). The van der Waals surface area contributed by atoms with Gasteiger partial charge in [-0.15, -0.1) is 0 Å². The van der Waals surface area contributed by atoms with Gasteiger partial charge in [0.1, 0.15) is 11.8 Å². The summed E-state index contributed by atoms with van der Waals surface area (Å²) >= 11 is 6.05. The lowest BCUT2D eigenvalue weighted by atomic mass is 10.1. The molecule has 146 valence electrons. The molecule has 1 atom stereocenters. The van der Waals surface area contributed by atoms with Gasteiger partial charge in [0.25, 0.3) is 5.91 Å². The Kier molecular flexibility index (Phi) is 6.16.